The number of carbonyl (C=O) groups is 2. The molecule has 2 aromatic carbocycles. The van der Waals surface area contributed by atoms with E-state index in [4.69, 9.17) is 9.88 Å². The molecule has 0 heterocycles. The van der Waals surface area contributed by atoms with E-state index in [0.717, 1.165) is 5.56 Å². The van der Waals surface area contributed by atoms with Gasteiger partial charge >= 0.3 is 0 Å². The van der Waals surface area contributed by atoms with Gasteiger partial charge in [-0.2, -0.15) is 0 Å². The standard InChI is InChI=1S/C18H21N3O5S/c1-26-15-6-4-14(5-7-15)21-18(23)12-17(22)20-11-10-13-2-8-16(9-3-13)27(19,24)25/h2-9H,10-12H2,1H3,(H,20,22)(H,21,23)(H2,19,24,25). The molecule has 0 aliphatic heterocycles. The van der Waals surface area contributed by atoms with Crippen LogP contribution in [0.2, 0.25) is 0 Å². The van der Waals surface area contributed by atoms with Gasteiger partial charge in [0.05, 0.1) is 12.0 Å². The van der Waals surface area contributed by atoms with E-state index in [-0.39, 0.29) is 11.3 Å². The quantitative estimate of drug-likeness (QED) is 0.579. The predicted octanol–water partition coefficient (Wildman–Crippen LogP) is 1.03. The molecule has 0 spiro atoms. The third-order valence-corrected chi connectivity index (χ3v) is 4.61. The van der Waals surface area contributed by atoms with Gasteiger partial charge in [-0.1, -0.05) is 12.1 Å². The van der Waals surface area contributed by atoms with Crippen LogP contribution in [0.3, 0.4) is 0 Å². The highest BCUT2D eigenvalue weighted by Gasteiger charge is 2.10. The van der Waals surface area contributed by atoms with Gasteiger partial charge in [0.1, 0.15) is 12.2 Å². The van der Waals surface area contributed by atoms with Crippen LogP contribution in [0.4, 0.5) is 5.69 Å². The van der Waals surface area contributed by atoms with E-state index in [2.05, 4.69) is 10.6 Å². The summed E-state index contributed by atoms with van der Waals surface area (Å²) in [6, 6.07) is 12.8. The molecule has 144 valence electrons. The third kappa shape index (κ3) is 6.72. The van der Waals surface area contributed by atoms with Crippen LogP contribution in [0.15, 0.2) is 53.4 Å². The topological polar surface area (TPSA) is 128 Å². The first-order valence-electron chi connectivity index (χ1n) is 8.10. The van der Waals surface area contributed by atoms with Crippen LogP contribution in [-0.2, 0) is 26.0 Å². The fourth-order valence-corrected chi connectivity index (χ4v) is 2.80. The zero-order chi connectivity index (χ0) is 19.9. The first-order chi connectivity index (χ1) is 12.8. The summed E-state index contributed by atoms with van der Waals surface area (Å²) in [5.41, 5.74) is 1.41. The van der Waals surface area contributed by atoms with Crippen molar-refractivity contribution in [2.45, 2.75) is 17.7 Å². The zero-order valence-corrected chi connectivity index (χ0v) is 15.6. The van der Waals surface area contributed by atoms with Crippen molar-refractivity contribution in [2.75, 3.05) is 19.0 Å². The fraction of sp³-hybridized carbons (Fsp3) is 0.222. The minimum Gasteiger partial charge on any atom is -0.497 e. The Labute approximate surface area is 157 Å². The Bertz CT molecular complexity index is 894. The summed E-state index contributed by atoms with van der Waals surface area (Å²) in [5.74, 6) is -0.153. The van der Waals surface area contributed by atoms with Gasteiger partial charge in [0.25, 0.3) is 0 Å². The lowest BCUT2D eigenvalue weighted by molar-refractivity contribution is -0.126. The summed E-state index contributed by atoms with van der Waals surface area (Å²) >= 11 is 0. The summed E-state index contributed by atoms with van der Waals surface area (Å²) in [6.45, 7) is 0.323. The Morgan fingerprint density at radius 2 is 1.63 bits per heavy atom. The van der Waals surface area contributed by atoms with E-state index in [0.29, 0.717) is 24.4 Å². The van der Waals surface area contributed by atoms with Gasteiger partial charge < -0.3 is 15.4 Å². The normalized spacial score (nSPS) is 10.9. The number of nitrogens with one attached hydrogen (secondary N) is 2. The second kappa shape index (κ2) is 9.15. The van der Waals surface area contributed by atoms with Crippen LogP contribution in [0, 0.1) is 0 Å². The van der Waals surface area contributed by atoms with Gasteiger partial charge in [0, 0.05) is 12.2 Å². The van der Waals surface area contributed by atoms with Crippen molar-refractivity contribution < 1.29 is 22.7 Å². The van der Waals surface area contributed by atoms with Gasteiger partial charge in [-0.15, -0.1) is 0 Å². The lowest BCUT2D eigenvalue weighted by atomic mass is 10.1. The second-order valence-corrected chi connectivity index (χ2v) is 7.30. The maximum Gasteiger partial charge on any atom is 0.238 e. The highest BCUT2D eigenvalue weighted by atomic mass is 32.2. The first kappa shape index (κ1) is 20.4. The van der Waals surface area contributed by atoms with Crippen LogP contribution in [0.5, 0.6) is 5.75 Å². The molecule has 0 bridgehead atoms. The molecule has 8 nitrogen and oxygen atoms in total. The Balaban J connectivity index is 1.74. The number of methoxy groups -OCH3 is 1. The van der Waals surface area contributed by atoms with Crippen molar-refractivity contribution in [1.82, 2.24) is 5.32 Å². The molecule has 2 rings (SSSR count). The fourth-order valence-electron chi connectivity index (χ4n) is 2.28. The highest BCUT2D eigenvalue weighted by molar-refractivity contribution is 7.89. The maximum absolute atomic E-state index is 11.9. The second-order valence-electron chi connectivity index (χ2n) is 5.74. The number of rotatable bonds is 8. The van der Waals surface area contributed by atoms with E-state index < -0.39 is 21.8 Å². The Morgan fingerprint density at radius 3 is 2.19 bits per heavy atom. The van der Waals surface area contributed by atoms with E-state index in [1.165, 1.54) is 12.1 Å². The van der Waals surface area contributed by atoms with Crippen molar-refractivity contribution in [2.24, 2.45) is 5.14 Å². The lowest BCUT2D eigenvalue weighted by Gasteiger charge is -2.08. The van der Waals surface area contributed by atoms with E-state index in [1.54, 1.807) is 43.5 Å². The minimum absolute atomic E-state index is 0.0329. The van der Waals surface area contributed by atoms with E-state index in [1.807, 2.05) is 0 Å². The number of hydrogen-bond acceptors (Lipinski definition) is 5. The molecule has 0 saturated heterocycles. The van der Waals surface area contributed by atoms with Gasteiger partial charge in [0.15, 0.2) is 0 Å². The number of benzene rings is 2. The molecule has 0 atom stereocenters. The summed E-state index contributed by atoms with van der Waals surface area (Å²) in [6.07, 6.45) is 0.202. The molecule has 0 saturated carbocycles. The average Bonchev–Trinajstić information content (AvgIpc) is 2.62. The molecule has 9 heteroatoms. The lowest BCUT2D eigenvalue weighted by Crippen LogP contribution is -2.29. The highest BCUT2D eigenvalue weighted by Crippen LogP contribution is 2.15. The number of sulfonamides is 1. The van der Waals surface area contributed by atoms with Gasteiger partial charge in [-0.3, -0.25) is 9.59 Å². The Kier molecular flexibility index (Phi) is 6.91. The minimum atomic E-state index is -3.72. The average molecular weight is 391 g/mol. The van der Waals surface area contributed by atoms with Crippen molar-refractivity contribution in [3.05, 3.63) is 54.1 Å². The van der Waals surface area contributed by atoms with Gasteiger partial charge in [-0.05, 0) is 48.4 Å². The van der Waals surface area contributed by atoms with Crippen LogP contribution < -0.4 is 20.5 Å². The van der Waals surface area contributed by atoms with Crippen molar-refractivity contribution in [1.29, 1.82) is 0 Å². The SMILES string of the molecule is COc1ccc(NC(=O)CC(=O)NCCc2ccc(S(N)(=O)=O)cc2)cc1. The molecule has 0 aliphatic rings. The monoisotopic (exact) mass is 391 g/mol. The van der Waals surface area contributed by atoms with Crippen molar-refractivity contribution in [3.63, 3.8) is 0 Å². The molecular weight excluding hydrogens is 370 g/mol. The van der Waals surface area contributed by atoms with E-state index >= 15 is 0 Å². The molecule has 0 aliphatic carbocycles. The Morgan fingerprint density at radius 1 is 1.00 bits per heavy atom. The summed E-state index contributed by atoms with van der Waals surface area (Å²) < 4.78 is 27.4. The van der Waals surface area contributed by atoms with E-state index in [9.17, 15) is 18.0 Å². The number of anilines is 1. The third-order valence-electron chi connectivity index (χ3n) is 3.68. The Hall–Kier alpha value is -2.91. The van der Waals surface area contributed by atoms with Crippen LogP contribution in [0.1, 0.15) is 12.0 Å². The molecule has 0 unspecified atom stereocenters. The summed E-state index contributed by atoms with van der Waals surface area (Å²) in [4.78, 5) is 23.7. The number of primary sulfonamides is 1. The number of carbonyl (C=O) groups excluding carboxylic acids is 2. The summed E-state index contributed by atoms with van der Waals surface area (Å²) in [7, 11) is -2.17. The molecule has 0 fully saturated rings. The van der Waals surface area contributed by atoms with Gasteiger partial charge in [0.2, 0.25) is 21.8 Å². The number of ether oxygens (including phenoxy) is 1. The van der Waals surface area contributed by atoms with Crippen LogP contribution >= 0.6 is 0 Å². The smallest absolute Gasteiger partial charge is 0.238 e. The van der Waals surface area contributed by atoms with Gasteiger partial charge in [-0.25, -0.2) is 13.6 Å². The molecule has 2 aromatic rings. The molecule has 27 heavy (non-hydrogen) atoms. The molecule has 0 radical (unpaired) electrons. The molecule has 4 N–H and O–H groups in total. The predicted molar refractivity (Wildman–Crippen MR) is 101 cm³/mol. The number of hydrogen-bond donors (Lipinski definition) is 3. The van der Waals surface area contributed by atoms with Crippen LogP contribution in [0.25, 0.3) is 0 Å². The first-order valence-corrected chi connectivity index (χ1v) is 9.65. The number of amides is 2. The largest absolute Gasteiger partial charge is 0.497 e. The molecule has 0 aromatic heterocycles. The molecule has 2 amide bonds. The number of nitrogens with two attached hydrogens (primary N) is 1. The van der Waals surface area contributed by atoms with Crippen LogP contribution in [-0.4, -0.2) is 33.9 Å². The molecular formula is C18H21N3O5S. The van der Waals surface area contributed by atoms with Crippen molar-refractivity contribution in [3.8, 4) is 5.75 Å². The maximum atomic E-state index is 11.9. The summed E-state index contributed by atoms with van der Waals surface area (Å²) in [5, 5.41) is 10.3. The zero-order valence-electron chi connectivity index (χ0n) is 14.8. The van der Waals surface area contributed by atoms with Crippen molar-refractivity contribution >= 4 is 27.5 Å².